The minimum Gasteiger partial charge on any atom is -0.303 e. The van der Waals surface area contributed by atoms with E-state index in [9.17, 15) is 4.39 Å². The van der Waals surface area contributed by atoms with Crippen molar-refractivity contribution in [3.8, 4) is 0 Å². The van der Waals surface area contributed by atoms with E-state index in [4.69, 9.17) is 23.2 Å². The van der Waals surface area contributed by atoms with E-state index in [1.807, 2.05) is 25.1 Å². The molecule has 0 spiro atoms. The Hall–Kier alpha value is -1.09. The molecule has 0 fully saturated rings. The van der Waals surface area contributed by atoms with Crippen molar-refractivity contribution in [3.63, 3.8) is 0 Å². The average molecular weight is 326 g/mol. The molecule has 0 amide bonds. The van der Waals surface area contributed by atoms with Gasteiger partial charge in [0, 0.05) is 12.1 Å². The van der Waals surface area contributed by atoms with E-state index >= 15 is 0 Å². The zero-order chi connectivity index (χ0) is 15.4. The van der Waals surface area contributed by atoms with Crippen LogP contribution in [0.5, 0.6) is 0 Å². The van der Waals surface area contributed by atoms with Crippen molar-refractivity contribution >= 4 is 23.2 Å². The third-order valence-corrected chi connectivity index (χ3v) is 4.29. The van der Waals surface area contributed by atoms with Crippen LogP contribution in [0.1, 0.15) is 43.5 Å². The van der Waals surface area contributed by atoms with Gasteiger partial charge in [-0.05, 0) is 48.7 Å². The fourth-order valence-corrected chi connectivity index (χ4v) is 2.66. The lowest BCUT2D eigenvalue weighted by atomic mass is 10.0. The standard InChI is InChI=1S/C17H18Cl2FN/c1-3-17(13-7-8-15(18)16(19)10-13)21-11(2)12-5-4-6-14(20)9-12/h4-11,17,21H,3H2,1-2H3. The monoisotopic (exact) mass is 325 g/mol. The van der Waals surface area contributed by atoms with Crippen LogP contribution in [0.15, 0.2) is 42.5 Å². The highest BCUT2D eigenvalue weighted by Crippen LogP contribution is 2.28. The Morgan fingerprint density at radius 1 is 1.05 bits per heavy atom. The largest absolute Gasteiger partial charge is 0.303 e. The predicted molar refractivity (Wildman–Crippen MR) is 87.4 cm³/mol. The maximum atomic E-state index is 13.3. The highest BCUT2D eigenvalue weighted by Gasteiger charge is 2.15. The third-order valence-electron chi connectivity index (χ3n) is 3.55. The average Bonchev–Trinajstić information content (AvgIpc) is 2.47. The van der Waals surface area contributed by atoms with Gasteiger partial charge >= 0.3 is 0 Å². The lowest BCUT2D eigenvalue weighted by Crippen LogP contribution is -2.24. The quantitative estimate of drug-likeness (QED) is 0.717. The summed E-state index contributed by atoms with van der Waals surface area (Å²) in [6, 6.07) is 12.5. The summed E-state index contributed by atoms with van der Waals surface area (Å²) in [6.45, 7) is 4.12. The first kappa shape index (κ1) is 16.3. The zero-order valence-electron chi connectivity index (χ0n) is 12.0. The molecule has 0 aliphatic rings. The molecule has 2 aromatic rings. The van der Waals surface area contributed by atoms with Crippen LogP contribution in [-0.2, 0) is 0 Å². The minimum absolute atomic E-state index is 0.0418. The van der Waals surface area contributed by atoms with Gasteiger partial charge in [-0.3, -0.25) is 0 Å². The van der Waals surface area contributed by atoms with Gasteiger partial charge in [0.2, 0.25) is 0 Å². The van der Waals surface area contributed by atoms with Crippen LogP contribution in [-0.4, -0.2) is 0 Å². The van der Waals surface area contributed by atoms with E-state index < -0.39 is 0 Å². The summed E-state index contributed by atoms with van der Waals surface area (Å²) in [5.74, 6) is -0.219. The van der Waals surface area contributed by atoms with Crippen LogP contribution in [0.4, 0.5) is 4.39 Å². The van der Waals surface area contributed by atoms with Crippen LogP contribution < -0.4 is 5.32 Å². The van der Waals surface area contributed by atoms with E-state index in [1.54, 1.807) is 18.2 Å². The van der Waals surface area contributed by atoms with Crippen LogP contribution in [0.3, 0.4) is 0 Å². The Morgan fingerprint density at radius 2 is 1.81 bits per heavy atom. The molecule has 0 saturated heterocycles. The Bertz CT molecular complexity index is 615. The van der Waals surface area contributed by atoms with Gasteiger partial charge in [0.1, 0.15) is 5.82 Å². The molecule has 112 valence electrons. The summed E-state index contributed by atoms with van der Waals surface area (Å²) in [7, 11) is 0. The van der Waals surface area contributed by atoms with Crippen LogP contribution in [0.25, 0.3) is 0 Å². The third kappa shape index (κ3) is 4.19. The Balaban J connectivity index is 2.16. The number of rotatable bonds is 5. The van der Waals surface area contributed by atoms with Crippen LogP contribution in [0, 0.1) is 5.82 Å². The number of hydrogen-bond donors (Lipinski definition) is 1. The topological polar surface area (TPSA) is 12.0 Å². The molecule has 0 bridgehead atoms. The number of nitrogens with one attached hydrogen (secondary N) is 1. The fourth-order valence-electron chi connectivity index (χ4n) is 2.35. The molecule has 0 radical (unpaired) electrons. The fraction of sp³-hybridized carbons (Fsp3) is 0.294. The molecule has 1 nitrogen and oxygen atoms in total. The van der Waals surface area contributed by atoms with Crippen molar-refractivity contribution in [1.29, 1.82) is 0 Å². The molecule has 0 aliphatic carbocycles. The predicted octanol–water partition coefficient (Wildman–Crippen LogP) is 5.93. The number of benzene rings is 2. The first-order chi connectivity index (χ1) is 10.0. The van der Waals surface area contributed by atoms with Crippen LogP contribution >= 0.6 is 23.2 Å². The summed E-state index contributed by atoms with van der Waals surface area (Å²) in [4.78, 5) is 0. The molecule has 2 atom stereocenters. The maximum absolute atomic E-state index is 13.3. The highest BCUT2D eigenvalue weighted by molar-refractivity contribution is 6.42. The van der Waals surface area contributed by atoms with Crippen molar-refractivity contribution < 1.29 is 4.39 Å². The Morgan fingerprint density at radius 3 is 2.43 bits per heavy atom. The lowest BCUT2D eigenvalue weighted by Gasteiger charge is -2.23. The van der Waals surface area contributed by atoms with E-state index in [-0.39, 0.29) is 17.9 Å². The highest BCUT2D eigenvalue weighted by atomic mass is 35.5. The summed E-state index contributed by atoms with van der Waals surface area (Å²) >= 11 is 12.0. The molecule has 1 N–H and O–H groups in total. The molecule has 2 aromatic carbocycles. The van der Waals surface area contributed by atoms with Crippen molar-refractivity contribution in [2.45, 2.75) is 32.4 Å². The van der Waals surface area contributed by atoms with Gasteiger partial charge < -0.3 is 5.32 Å². The molecule has 0 heterocycles. The van der Waals surface area contributed by atoms with E-state index in [0.29, 0.717) is 10.0 Å². The molecular formula is C17H18Cl2FN. The second kappa shape index (κ2) is 7.26. The first-order valence-electron chi connectivity index (χ1n) is 6.97. The molecule has 21 heavy (non-hydrogen) atoms. The molecule has 0 aromatic heterocycles. The Kier molecular flexibility index (Phi) is 5.63. The van der Waals surface area contributed by atoms with Crippen molar-refractivity contribution in [1.82, 2.24) is 5.32 Å². The second-order valence-electron chi connectivity index (χ2n) is 5.08. The smallest absolute Gasteiger partial charge is 0.123 e. The van der Waals surface area contributed by atoms with Gasteiger partial charge in [0.05, 0.1) is 10.0 Å². The van der Waals surface area contributed by atoms with Gasteiger partial charge in [0.15, 0.2) is 0 Å². The lowest BCUT2D eigenvalue weighted by molar-refractivity contribution is 0.455. The Labute approximate surface area is 135 Å². The van der Waals surface area contributed by atoms with E-state index in [0.717, 1.165) is 17.5 Å². The zero-order valence-corrected chi connectivity index (χ0v) is 13.5. The molecule has 0 aliphatic heterocycles. The molecule has 2 unspecified atom stereocenters. The number of hydrogen-bond acceptors (Lipinski definition) is 1. The van der Waals surface area contributed by atoms with Gasteiger partial charge in [-0.15, -0.1) is 0 Å². The van der Waals surface area contributed by atoms with Crippen molar-refractivity contribution in [2.75, 3.05) is 0 Å². The summed E-state index contributed by atoms with van der Waals surface area (Å²) in [5, 5.41) is 4.60. The molecular weight excluding hydrogens is 308 g/mol. The van der Waals surface area contributed by atoms with E-state index in [2.05, 4.69) is 12.2 Å². The molecule has 2 rings (SSSR count). The summed E-state index contributed by atoms with van der Waals surface area (Å²) in [6.07, 6.45) is 0.900. The second-order valence-corrected chi connectivity index (χ2v) is 5.89. The molecule has 4 heteroatoms. The molecule has 0 saturated carbocycles. The van der Waals surface area contributed by atoms with Crippen molar-refractivity contribution in [3.05, 3.63) is 69.5 Å². The van der Waals surface area contributed by atoms with Gasteiger partial charge in [-0.25, -0.2) is 4.39 Å². The SMILES string of the molecule is CCC(NC(C)c1cccc(F)c1)c1ccc(Cl)c(Cl)c1. The normalized spacial score (nSPS) is 14.0. The van der Waals surface area contributed by atoms with Gasteiger partial charge in [0.25, 0.3) is 0 Å². The van der Waals surface area contributed by atoms with Crippen LogP contribution in [0.2, 0.25) is 10.0 Å². The minimum atomic E-state index is -0.219. The first-order valence-corrected chi connectivity index (χ1v) is 7.73. The van der Waals surface area contributed by atoms with Gasteiger partial charge in [-0.1, -0.05) is 48.3 Å². The summed E-state index contributed by atoms with van der Waals surface area (Å²) in [5.41, 5.74) is 2.00. The van der Waals surface area contributed by atoms with Gasteiger partial charge in [-0.2, -0.15) is 0 Å². The van der Waals surface area contributed by atoms with E-state index in [1.165, 1.54) is 6.07 Å². The number of halogens is 3. The maximum Gasteiger partial charge on any atom is 0.123 e. The summed E-state index contributed by atoms with van der Waals surface area (Å²) < 4.78 is 13.3. The van der Waals surface area contributed by atoms with Crippen molar-refractivity contribution in [2.24, 2.45) is 0 Å².